The van der Waals surface area contributed by atoms with E-state index >= 15 is 0 Å². The Kier molecular flexibility index (Phi) is 3.03. The van der Waals surface area contributed by atoms with Crippen molar-refractivity contribution >= 4 is 17.3 Å². The van der Waals surface area contributed by atoms with Crippen LogP contribution >= 0.6 is 11.3 Å². The first-order chi connectivity index (χ1) is 9.13. The number of carbonyl (C=O) groups is 1. The summed E-state index contributed by atoms with van der Waals surface area (Å²) in [5.41, 5.74) is 2.94. The Hall–Kier alpha value is -1.80. The number of thiazole rings is 1. The molecule has 0 aromatic carbocycles. The van der Waals surface area contributed by atoms with Gasteiger partial charge < -0.3 is 5.11 Å². The summed E-state index contributed by atoms with van der Waals surface area (Å²) < 4.78 is 1.64. The molecule has 8 heteroatoms. The van der Waals surface area contributed by atoms with E-state index in [0.29, 0.717) is 0 Å². The Bertz CT molecular complexity index is 602. The molecule has 0 amide bonds. The van der Waals surface area contributed by atoms with E-state index in [1.807, 2.05) is 12.4 Å². The highest BCUT2D eigenvalue weighted by Crippen LogP contribution is 2.24. The zero-order chi connectivity index (χ0) is 13.4. The number of aromatic nitrogens is 4. The fourth-order valence-electron chi connectivity index (χ4n) is 2.07. The van der Waals surface area contributed by atoms with Crippen LogP contribution in [0.25, 0.3) is 0 Å². The molecule has 0 unspecified atom stereocenters. The Morgan fingerprint density at radius 2 is 2.37 bits per heavy atom. The van der Waals surface area contributed by atoms with E-state index in [9.17, 15) is 4.79 Å². The van der Waals surface area contributed by atoms with Crippen molar-refractivity contribution in [3.05, 3.63) is 28.0 Å². The summed E-state index contributed by atoms with van der Waals surface area (Å²) in [5.74, 6) is -1.04. The van der Waals surface area contributed by atoms with Crippen molar-refractivity contribution in [1.29, 1.82) is 0 Å². The molecule has 3 rings (SSSR count). The van der Waals surface area contributed by atoms with E-state index in [0.717, 1.165) is 25.3 Å². The van der Waals surface area contributed by atoms with Crippen LogP contribution in [0, 0.1) is 6.92 Å². The average molecular weight is 279 g/mol. The standard InChI is InChI=1S/C11H13N5O2S/c1-7-10(19-6-12-7)5-15-2-8(3-15)16-4-9(11(17)18)13-14-16/h4,6,8H,2-3,5H2,1H3,(H,17,18). The Labute approximate surface area is 113 Å². The summed E-state index contributed by atoms with van der Waals surface area (Å²) in [4.78, 5) is 18.5. The third-order valence-electron chi connectivity index (χ3n) is 3.25. The fourth-order valence-corrected chi connectivity index (χ4v) is 2.89. The predicted octanol–water partition coefficient (Wildman–Crippen LogP) is 0.798. The van der Waals surface area contributed by atoms with Gasteiger partial charge in [0.1, 0.15) is 0 Å². The minimum atomic E-state index is -1.04. The SMILES string of the molecule is Cc1ncsc1CN1CC(n2cc(C(=O)O)nn2)C1. The monoisotopic (exact) mass is 279 g/mol. The Balaban J connectivity index is 1.57. The zero-order valence-electron chi connectivity index (χ0n) is 10.4. The minimum absolute atomic E-state index is 0.00301. The van der Waals surface area contributed by atoms with Crippen LogP contribution in [-0.4, -0.2) is 49.0 Å². The van der Waals surface area contributed by atoms with Gasteiger partial charge in [-0.15, -0.1) is 16.4 Å². The molecule has 0 spiro atoms. The quantitative estimate of drug-likeness (QED) is 0.891. The molecule has 1 aliphatic rings. The predicted molar refractivity (Wildman–Crippen MR) is 68.1 cm³/mol. The first-order valence-corrected chi connectivity index (χ1v) is 6.78. The molecule has 1 fully saturated rings. The third-order valence-corrected chi connectivity index (χ3v) is 4.17. The third kappa shape index (κ3) is 2.36. The van der Waals surface area contributed by atoms with Gasteiger partial charge in [-0.05, 0) is 6.92 Å². The number of aryl methyl sites for hydroxylation is 1. The highest BCUT2D eigenvalue weighted by molar-refractivity contribution is 7.09. The second kappa shape index (κ2) is 4.71. The van der Waals surface area contributed by atoms with Crippen molar-refractivity contribution in [2.24, 2.45) is 0 Å². The van der Waals surface area contributed by atoms with Crippen molar-refractivity contribution in [3.63, 3.8) is 0 Å². The van der Waals surface area contributed by atoms with Gasteiger partial charge in [0, 0.05) is 24.5 Å². The van der Waals surface area contributed by atoms with Crippen LogP contribution in [0.5, 0.6) is 0 Å². The van der Waals surface area contributed by atoms with Crippen LogP contribution in [-0.2, 0) is 6.54 Å². The molecule has 1 saturated heterocycles. The molecule has 2 aromatic heterocycles. The Morgan fingerprint density at radius 1 is 1.58 bits per heavy atom. The molecule has 0 atom stereocenters. The highest BCUT2D eigenvalue weighted by atomic mass is 32.1. The van der Waals surface area contributed by atoms with E-state index in [2.05, 4.69) is 20.2 Å². The van der Waals surface area contributed by atoms with Crippen LogP contribution in [0.15, 0.2) is 11.7 Å². The minimum Gasteiger partial charge on any atom is -0.476 e. The second-order valence-corrected chi connectivity index (χ2v) is 5.54. The zero-order valence-corrected chi connectivity index (χ0v) is 11.2. The van der Waals surface area contributed by atoms with Gasteiger partial charge in [-0.25, -0.2) is 14.5 Å². The Morgan fingerprint density at radius 3 is 2.95 bits per heavy atom. The van der Waals surface area contributed by atoms with Crippen molar-refractivity contribution in [2.75, 3.05) is 13.1 Å². The van der Waals surface area contributed by atoms with Crippen molar-refractivity contribution < 1.29 is 9.90 Å². The summed E-state index contributed by atoms with van der Waals surface area (Å²) in [7, 11) is 0. The van der Waals surface area contributed by atoms with Crippen LogP contribution in [0.4, 0.5) is 0 Å². The van der Waals surface area contributed by atoms with Crippen LogP contribution < -0.4 is 0 Å². The van der Waals surface area contributed by atoms with Gasteiger partial charge in [-0.2, -0.15) is 0 Å². The molecule has 0 aliphatic carbocycles. The smallest absolute Gasteiger partial charge is 0.358 e. The first kappa shape index (κ1) is 12.2. The number of nitrogens with zero attached hydrogens (tertiary/aromatic N) is 5. The van der Waals surface area contributed by atoms with E-state index < -0.39 is 5.97 Å². The lowest BCUT2D eigenvalue weighted by Gasteiger charge is -2.38. The summed E-state index contributed by atoms with van der Waals surface area (Å²) in [6.45, 7) is 4.63. The van der Waals surface area contributed by atoms with E-state index in [4.69, 9.17) is 5.11 Å². The molecule has 19 heavy (non-hydrogen) atoms. The summed E-state index contributed by atoms with van der Waals surface area (Å²) in [6, 6.07) is 0.217. The number of likely N-dealkylation sites (tertiary alicyclic amines) is 1. The first-order valence-electron chi connectivity index (χ1n) is 5.90. The molecule has 0 saturated carbocycles. The molecule has 1 N–H and O–H groups in total. The molecule has 7 nitrogen and oxygen atoms in total. The van der Waals surface area contributed by atoms with Gasteiger partial charge in [-0.3, -0.25) is 4.90 Å². The van der Waals surface area contributed by atoms with Crippen molar-refractivity contribution in [3.8, 4) is 0 Å². The number of rotatable bonds is 4. The van der Waals surface area contributed by atoms with Gasteiger partial charge in [-0.1, -0.05) is 5.21 Å². The number of carboxylic acids is 1. The lowest BCUT2D eigenvalue weighted by Crippen LogP contribution is -2.47. The topological polar surface area (TPSA) is 84.1 Å². The lowest BCUT2D eigenvalue weighted by atomic mass is 10.1. The molecule has 100 valence electrons. The molecule has 2 aromatic rings. The number of hydrogen-bond acceptors (Lipinski definition) is 6. The summed E-state index contributed by atoms with van der Waals surface area (Å²) >= 11 is 1.67. The molecule has 0 radical (unpaired) electrons. The fraction of sp³-hybridized carbons (Fsp3) is 0.455. The number of hydrogen-bond donors (Lipinski definition) is 1. The summed E-state index contributed by atoms with van der Waals surface area (Å²) in [5, 5.41) is 16.3. The number of carboxylic acid groups (broad SMARTS) is 1. The summed E-state index contributed by atoms with van der Waals surface area (Å²) in [6.07, 6.45) is 1.49. The van der Waals surface area contributed by atoms with E-state index in [1.54, 1.807) is 16.0 Å². The van der Waals surface area contributed by atoms with Gasteiger partial charge in [0.2, 0.25) is 0 Å². The van der Waals surface area contributed by atoms with Crippen LogP contribution in [0.1, 0.15) is 27.1 Å². The normalized spacial score (nSPS) is 16.5. The van der Waals surface area contributed by atoms with Gasteiger partial charge in [0.15, 0.2) is 5.69 Å². The van der Waals surface area contributed by atoms with Gasteiger partial charge in [0.05, 0.1) is 23.4 Å². The van der Waals surface area contributed by atoms with Crippen molar-refractivity contribution in [1.82, 2.24) is 24.9 Å². The second-order valence-electron chi connectivity index (χ2n) is 4.60. The van der Waals surface area contributed by atoms with Crippen molar-refractivity contribution in [2.45, 2.75) is 19.5 Å². The molecular weight excluding hydrogens is 266 g/mol. The van der Waals surface area contributed by atoms with Crippen LogP contribution in [0.2, 0.25) is 0 Å². The maximum atomic E-state index is 10.7. The molecule has 1 aliphatic heterocycles. The number of aromatic carboxylic acids is 1. The lowest BCUT2D eigenvalue weighted by molar-refractivity contribution is 0.0690. The van der Waals surface area contributed by atoms with Gasteiger partial charge >= 0.3 is 5.97 Å². The van der Waals surface area contributed by atoms with E-state index in [-0.39, 0.29) is 11.7 Å². The average Bonchev–Trinajstić information content (AvgIpc) is 2.92. The molecule has 3 heterocycles. The molecule has 0 bridgehead atoms. The maximum absolute atomic E-state index is 10.7. The van der Waals surface area contributed by atoms with E-state index in [1.165, 1.54) is 11.1 Å². The molecular formula is C11H13N5O2S. The largest absolute Gasteiger partial charge is 0.476 e. The highest BCUT2D eigenvalue weighted by Gasteiger charge is 2.30. The van der Waals surface area contributed by atoms with Gasteiger partial charge in [0.25, 0.3) is 0 Å². The van der Waals surface area contributed by atoms with Crippen LogP contribution in [0.3, 0.4) is 0 Å². The maximum Gasteiger partial charge on any atom is 0.358 e.